The molecule has 4 heteroatoms. The number of likely N-dealkylation sites (tertiary alicyclic amines) is 1. The highest BCUT2D eigenvalue weighted by atomic mass is 16.5. The van der Waals surface area contributed by atoms with Crippen LogP contribution >= 0.6 is 0 Å². The normalized spacial score (nSPS) is 21.5. The molecule has 3 rings (SSSR count). The van der Waals surface area contributed by atoms with Gasteiger partial charge < -0.3 is 10.1 Å². The third-order valence-corrected chi connectivity index (χ3v) is 5.56. The zero-order valence-electron chi connectivity index (χ0n) is 16.0. The first-order chi connectivity index (χ1) is 12.8. The molecule has 2 heterocycles. The number of benzene rings is 1. The molecule has 0 radical (unpaired) electrons. The van der Waals surface area contributed by atoms with Crippen LogP contribution in [-0.4, -0.2) is 43.2 Å². The average molecular weight is 359 g/mol. The van der Waals surface area contributed by atoms with Gasteiger partial charge in [0.2, 0.25) is 0 Å². The summed E-state index contributed by atoms with van der Waals surface area (Å²) in [6.07, 6.45) is 11.4. The van der Waals surface area contributed by atoms with E-state index < -0.39 is 0 Å². The van der Waals surface area contributed by atoms with Crippen molar-refractivity contribution in [3.05, 3.63) is 35.4 Å². The van der Waals surface area contributed by atoms with Crippen LogP contribution in [0.1, 0.15) is 73.7 Å². The molecule has 0 saturated carbocycles. The molecule has 144 valence electrons. The van der Waals surface area contributed by atoms with Crippen molar-refractivity contribution in [3.8, 4) is 0 Å². The van der Waals surface area contributed by atoms with E-state index in [1.54, 1.807) is 0 Å². The van der Waals surface area contributed by atoms with E-state index in [9.17, 15) is 4.79 Å². The van der Waals surface area contributed by atoms with E-state index in [-0.39, 0.29) is 5.91 Å². The van der Waals surface area contributed by atoms with Gasteiger partial charge in [0.25, 0.3) is 5.91 Å². The van der Waals surface area contributed by atoms with E-state index in [0.717, 1.165) is 44.5 Å². The summed E-state index contributed by atoms with van der Waals surface area (Å²) < 4.78 is 5.64. The van der Waals surface area contributed by atoms with Crippen LogP contribution in [0, 0.1) is 0 Å². The monoisotopic (exact) mass is 358 g/mol. The molecule has 1 atom stereocenters. The van der Waals surface area contributed by atoms with Crippen LogP contribution in [0.5, 0.6) is 0 Å². The lowest BCUT2D eigenvalue weighted by Crippen LogP contribution is -2.26. The summed E-state index contributed by atoms with van der Waals surface area (Å²) >= 11 is 0. The van der Waals surface area contributed by atoms with Crippen LogP contribution in [0.4, 0.5) is 0 Å². The predicted molar refractivity (Wildman–Crippen MR) is 105 cm³/mol. The highest BCUT2D eigenvalue weighted by molar-refractivity contribution is 5.94. The Labute approximate surface area is 158 Å². The molecule has 1 amide bonds. The number of amides is 1. The summed E-state index contributed by atoms with van der Waals surface area (Å²) in [4.78, 5) is 14.9. The molecule has 0 bridgehead atoms. The first kappa shape index (κ1) is 19.4. The summed E-state index contributed by atoms with van der Waals surface area (Å²) in [5, 5.41) is 3.07. The lowest BCUT2D eigenvalue weighted by Gasteiger charge is -2.20. The maximum absolute atomic E-state index is 12.4. The van der Waals surface area contributed by atoms with Gasteiger partial charge in [-0.15, -0.1) is 0 Å². The molecular formula is C22H34N2O2. The van der Waals surface area contributed by atoms with Crippen molar-refractivity contribution in [2.24, 2.45) is 0 Å². The van der Waals surface area contributed by atoms with Gasteiger partial charge in [-0.1, -0.05) is 25.0 Å². The number of unbranched alkanes of at least 4 members (excludes halogenated alkanes) is 1. The van der Waals surface area contributed by atoms with Gasteiger partial charge in [0.05, 0.1) is 6.10 Å². The SMILES string of the molecule is O=C(NCCCC[C@@H]1CCCO1)c1cccc(CN2CCCCCC2)c1. The Morgan fingerprint density at radius 3 is 2.73 bits per heavy atom. The summed E-state index contributed by atoms with van der Waals surface area (Å²) in [6, 6.07) is 8.14. The minimum atomic E-state index is 0.0554. The summed E-state index contributed by atoms with van der Waals surface area (Å²) in [6.45, 7) is 5.00. The van der Waals surface area contributed by atoms with Gasteiger partial charge in [0.15, 0.2) is 0 Å². The fourth-order valence-electron chi connectivity index (χ4n) is 4.04. The van der Waals surface area contributed by atoms with Crippen molar-refractivity contribution >= 4 is 5.91 Å². The maximum Gasteiger partial charge on any atom is 0.251 e. The zero-order chi connectivity index (χ0) is 18.0. The number of ether oxygens (including phenoxy) is 1. The summed E-state index contributed by atoms with van der Waals surface area (Å²) in [5.74, 6) is 0.0554. The molecule has 2 aliphatic rings. The standard InChI is InChI=1S/C22H34N2O2/c25-22(23-13-4-3-11-21-12-8-16-26-21)20-10-7-9-19(17-20)18-24-14-5-1-2-6-15-24/h7,9-10,17,21H,1-6,8,11-16,18H2,(H,23,25)/t21-/m1/s1. The van der Waals surface area contributed by atoms with Gasteiger partial charge in [-0.25, -0.2) is 0 Å². The molecule has 26 heavy (non-hydrogen) atoms. The summed E-state index contributed by atoms with van der Waals surface area (Å²) in [7, 11) is 0. The lowest BCUT2D eigenvalue weighted by atomic mass is 10.1. The van der Waals surface area contributed by atoms with Crippen LogP contribution in [-0.2, 0) is 11.3 Å². The van der Waals surface area contributed by atoms with Gasteiger partial charge >= 0.3 is 0 Å². The number of hydrogen-bond donors (Lipinski definition) is 1. The van der Waals surface area contributed by atoms with Crippen molar-refractivity contribution in [3.63, 3.8) is 0 Å². The Bertz CT molecular complexity index is 547. The van der Waals surface area contributed by atoms with E-state index >= 15 is 0 Å². The average Bonchev–Trinajstić information content (AvgIpc) is 3.05. The first-order valence-corrected chi connectivity index (χ1v) is 10.5. The fourth-order valence-corrected chi connectivity index (χ4v) is 4.04. The van der Waals surface area contributed by atoms with Crippen molar-refractivity contribution < 1.29 is 9.53 Å². The molecule has 1 aromatic rings. The predicted octanol–water partition coefficient (Wildman–Crippen LogP) is 4.14. The van der Waals surface area contributed by atoms with Crippen LogP contribution < -0.4 is 5.32 Å². The Hall–Kier alpha value is -1.39. The van der Waals surface area contributed by atoms with Gasteiger partial charge in [0, 0.05) is 25.3 Å². The largest absolute Gasteiger partial charge is 0.378 e. The van der Waals surface area contributed by atoms with Crippen molar-refractivity contribution in [2.75, 3.05) is 26.2 Å². The zero-order valence-corrected chi connectivity index (χ0v) is 16.0. The summed E-state index contributed by atoms with van der Waals surface area (Å²) in [5.41, 5.74) is 2.04. The quantitative estimate of drug-likeness (QED) is 0.710. The Morgan fingerprint density at radius 1 is 1.12 bits per heavy atom. The van der Waals surface area contributed by atoms with E-state index in [2.05, 4.69) is 22.3 Å². The fraction of sp³-hybridized carbons (Fsp3) is 0.682. The van der Waals surface area contributed by atoms with E-state index in [4.69, 9.17) is 4.74 Å². The Morgan fingerprint density at radius 2 is 1.96 bits per heavy atom. The second-order valence-electron chi connectivity index (χ2n) is 7.78. The smallest absolute Gasteiger partial charge is 0.251 e. The number of nitrogens with zero attached hydrogens (tertiary/aromatic N) is 1. The topological polar surface area (TPSA) is 41.6 Å². The van der Waals surface area contributed by atoms with Crippen molar-refractivity contribution in [1.29, 1.82) is 0 Å². The maximum atomic E-state index is 12.4. The van der Waals surface area contributed by atoms with E-state index in [0.29, 0.717) is 6.10 Å². The molecule has 2 saturated heterocycles. The van der Waals surface area contributed by atoms with Crippen molar-refractivity contribution in [1.82, 2.24) is 10.2 Å². The van der Waals surface area contributed by atoms with Gasteiger partial charge in [-0.05, 0) is 75.7 Å². The highest BCUT2D eigenvalue weighted by Gasteiger charge is 2.15. The molecule has 1 aromatic carbocycles. The minimum Gasteiger partial charge on any atom is -0.378 e. The van der Waals surface area contributed by atoms with E-state index in [1.165, 1.54) is 57.2 Å². The molecule has 0 aromatic heterocycles. The molecule has 1 N–H and O–H groups in total. The third kappa shape index (κ3) is 6.40. The van der Waals surface area contributed by atoms with Crippen LogP contribution in [0.25, 0.3) is 0 Å². The van der Waals surface area contributed by atoms with Gasteiger partial charge in [0.1, 0.15) is 0 Å². The molecule has 2 fully saturated rings. The number of rotatable bonds is 8. The Kier molecular flexibility index (Phi) is 7.96. The molecular weight excluding hydrogens is 324 g/mol. The first-order valence-electron chi connectivity index (χ1n) is 10.5. The molecule has 4 nitrogen and oxygen atoms in total. The van der Waals surface area contributed by atoms with Crippen LogP contribution in [0.15, 0.2) is 24.3 Å². The number of nitrogens with one attached hydrogen (secondary N) is 1. The second-order valence-corrected chi connectivity index (χ2v) is 7.78. The Balaban J connectivity index is 1.39. The van der Waals surface area contributed by atoms with Crippen LogP contribution in [0.2, 0.25) is 0 Å². The third-order valence-electron chi connectivity index (χ3n) is 5.56. The molecule has 0 unspecified atom stereocenters. The van der Waals surface area contributed by atoms with Gasteiger partial charge in [-0.3, -0.25) is 9.69 Å². The number of carbonyl (C=O) groups excluding carboxylic acids is 1. The molecule has 0 aliphatic carbocycles. The minimum absolute atomic E-state index is 0.0554. The molecule has 2 aliphatic heterocycles. The number of carbonyl (C=O) groups is 1. The lowest BCUT2D eigenvalue weighted by molar-refractivity contribution is 0.0947. The van der Waals surface area contributed by atoms with Crippen LogP contribution in [0.3, 0.4) is 0 Å². The second kappa shape index (κ2) is 10.7. The molecule has 0 spiro atoms. The van der Waals surface area contributed by atoms with Crippen molar-refractivity contribution in [2.45, 2.75) is 70.4 Å². The number of hydrogen-bond acceptors (Lipinski definition) is 3. The van der Waals surface area contributed by atoms with Gasteiger partial charge in [-0.2, -0.15) is 0 Å². The van der Waals surface area contributed by atoms with E-state index in [1.807, 2.05) is 12.1 Å². The highest BCUT2D eigenvalue weighted by Crippen LogP contribution is 2.17.